The summed E-state index contributed by atoms with van der Waals surface area (Å²) in [4.78, 5) is 11.9. The van der Waals surface area contributed by atoms with Crippen LogP contribution in [0.1, 0.15) is 5.56 Å². The standard InChI is InChI=1S/C15H12Cl2N2O3/c16-10-2-3-12(11(17)6-10)19-15(20)18-7-9-1-4-13-14(5-9)22-8-21-13/h1-6H,7-8H2,(H2,18,19,20). The van der Waals surface area contributed by atoms with Crippen LogP contribution in [0.4, 0.5) is 10.5 Å². The second kappa shape index (κ2) is 6.34. The summed E-state index contributed by atoms with van der Waals surface area (Å²) >= 11 is 11.8. The average molecular weight is 339 g/mol. The van der Waals surface area contributed by atoms with Crippen molar-refractivity contribution in [2.24, 2.45) is 0 Å². The molecule has 0 bridgehead atoms. The van der Waals surface area contributed by atoms with Crippen LogP contribution in [0, 0.1) is 0 Å². The normalized spacial score (nSPS) is 12.1. The van der Waals surface area contributed by atoms with Gasteiger partial charge in [-0.1, -0.05) is 29.3 Å². The molecule has 0 fully saturated rings. The first-order valence-electron chi connectivity index (χ1n) is 6.50. The molecule has 2 N–H and O–H groups in total. The van der Waals surface area contributed by atoms with Gasteiger partial charge < -0.3 is 20.1 Å². The van der Waals surface area contributed by atoms with E-state index in [1.165, 1.54) is 0 Å². The van der Waals surface area contributed by atoms with Crippen molar-refractivity contribution in [3.05, 3.63) is 52.0 Å². The van der Waals surface area contributed by atoms with Gasteiger partial charge in [-0.05, 0) is 35.9 Å². The summed E-state index contributed by atoms with van der Waals surface area (Å²) in [7, 11) is 0. The number of hydrogen-bond donors (Lipinski definition) is 2. The molecular weight excluding hydrogens is 327 g/mol. The monoisotopic (exact) mass is 338 g/mol. The molecule has 0 unspecified atom stereocenters. The minimum atomic E-state index is -0.359. The van der Waals surface area contributed by atoms with E-state index in [2.05, 4.69) is 10.6 Å². The lowest BCUT2D eigenvalue weighted by Gasteiger charge is -2.09. The van der Waals surface area contributed by atoms with Gasteiger partial charge in [-0.3, -0.25) is 0 Å². The second-order valence-corrected chi connectivity index (χ2v) is 5.46. The number of hydrogen-bond acceptors (Lipinski definition) is 3. The van der Waals surface area contributed by atoms with E-state index < -0.39 is 0 Å². The Morgan fingerprint density at radius 1 is 1.09 bits per heavy atom. The maximum atomic E-state index is 11.9. The van der Waals surface area contributed by atoms with Crippen molar-refractivity contribution in [2.75, 3.05) is 12.1 Å². The highest BCUT2D eigenvalue weighted by Crippen LogP contribution is 2.32. The highest BCUT2D eigenvalue weighted by molar-refractivity contribution is 6.36. The van der Waals surface area contributed by atoms with Gasteiger partial charge in [0.1, 0.15) is 0 Å². The molecule has 3 rings (SSSR count). The van der Waals surface area contributed by atoms with Gasteiger partial charge in [-0.15, -0.1) is 0 Å². The highest BCUT2D eigenvalue weighted by atomic mass is 35.5. The zero-order valence-corrected chi connectivity index (χ0v) is 12.9. The maximum Gasteiger partial charge on any atom is 0.319 e. The SMILES string of the molecule is O=C(NCc1ccc2c(c1)OCO2)Nc1ccc(Cl)cc1Cl. The number of urea groups is 1. The van der Waals surface area contributed by atoms with Gasteiger partial charge in [0.05, 0.1) is 10.7 Å². The molecule has 1 heterocycles. The second-order valence-electron chi connectivity index (χ2n) is 4.62. The van der Waals surface area contributed by atoms with Gasteiger partial charge >= 0.3 is 6.03 Å². The smallest absolute Gasteiger partial charge is 0.319 e. The summed E-state index contributed by atoms with van der Waals surface area (Å²) in [6.07, 6.45) is 0. The summed E-state index contributed by atoms with van der Waals surface area (Å²) in [5.74, 6) is 1.39. The molecule has 0 atom stereocenters. The van der Waals surface area contributed by atoms with Gasteiger partial charge in [-0.2, -0.15) is 0 Å². The van der Waals surface area contributed by atoms with Gasteiger partial charge in [0.15, 0.2) is 11.5 Å². The molecule has 2 aromatic rings. The Labute approximate surface area is 137 Å². The third-order valence-electron chi connectivity index (χ3n) is 3.07. The lowest BCUT2D eigenvalue weighted by atomic mass is 10.2. The summed E-state index contributed by atoms with van der Waals surface area (Å²) < 4.78 is 10.5. The summed E-state index contributed by atoms with van der Waals surface area (Å²) in [6.45, 7) is 0.579. The number of nitrogens with one attached hydrogen (secondary N) is 2. The van der Waals surface area contributed by atoms with E-state index in [1.807, 2.05) is 18.2 Å². The number of rotatable bonds is 3. The molecule has 0 radical (unpaired) electrons. The highest BCUT2D eigenvalue weighted by Gasteiger charge is 2.13. The third-order valence-corrected chi connectivity index (χ3v) is 3.62. The minimum Gasteiger partial charge on any atom is -0.454 e. The zero-order chi connectivity index (χ0) is 15.5. The fraction of sp³-hybridized carbons (Fsp3) is 0.133. The quantitative estimate of drug-likeness (QED) is 0.887. The number of halogens is 2. The molecule has 0 aliphatic carbocycles. The van der Waals surface area contributed by atoms with Crippen LogP contribution in [0.3, 0.4) is 0 Å². The van der Waals surface area contributed by atoms with Gasteiger partial charge in [0, 0.05) is 11.6 Å². The molecule has 1 aliphatic heterocycles. The molecule has 0 aromatic heterocycles. The van der Waals surface area contributed by atoms with E-state index in [9.17, 15) is 4.79 Å². The summed E-state index contributed by atoms with van der Waals surface area (Å²) in [5.41, 5.74) is 1.40. The fourth-order valence-corrected chi connectivity index (χ4v) is 2.45. The van der Waals surface area contributed by atoms with Crippen LogP contribution in [0.25, 0.3) is 0 Å². The van der Waals surface area contributed by atoms with Crippen molar-refractivity contribution in [1.29, 1.82) is 0 Å². The molecule has 2 aromatic carbocycles. The molecular formula is C15H12Cl2N2O3. The molecule has 114 valence electrons. The van der Waals surface area contributed by atoms with Crippen molar-refractivity contribution in [2.45, 2.75) is 6.54 Å². The van der Waals surface area contributed by atoms with Crippen molar-refractivity contribution in [3.63, 3.8) is 0 Å². The average Bonchev–Trinajstić information content (AvgIpc) is 2.95. The predicted molar refractivity (Wildman–Crippen MR) is 84.9 cm³/mol. The number of carbonyl (C=O) groups is 1. The van der Waals surface area contributed by atoms with Crippen molar-refractivity contribution in [3.8, 4) is 11.5 Å². The number of benzene rings is 2. The van der Waals surface area contributed by atoms with Crippen LogP contribution in [-0.4, -0.2) is 12.8 Å². The first-order valence-corrected chi connectivity index (χ1v) is 7.26. The van der Waals surface area contributed by atoms with E-state index in [1.54, 1.807) is 18.2 Å². The Hall–Kier alpha value is -2.11. The number of carbonyl (C=O) groups excluding carboxylic acids is 1. The summed E-state index contributed by atoms with van der Waals surface area (Å²) in [5, 5.41) is 6.30. The van der Waals surface area contributed by atoms with Crippen LogP contribution in [-0.2, 0) is 6.54 Å². The van der Waals surface area contributed by atoms with E-state index in [-0.39, 0.29) is 12.8 Å². The molecule has 0 saturated carbocycles. The molecule has 2 amide bonds. The number of amides is 2. The molecule has 22 heavy (non-hydrogen) atoms. The van der Waals surface area contributed by atoms with Crippen LogP contribution < -0.4 is 20.1 Å². The van der Waals surface area contributed by atoms with Crippen molar-refractivity contribution >= 4 is 34.9 Å². The lowest BCUT2D eigenvalue weighted by molar-refractivity contribution is 0.174. The molecule has 7 heteroatoms. The first kappa shape index (κ1) is 14.8. The van der Waals surface area contributed by atoms with Crippen LogP contribution >= 0.6 is 23.2 Å². The van der Waals surface area contributed by atoms with Crippen LogP contribution in [0.5, 0.6) is 11.5 Å². The Morgan fingerprint density at radius 3 is 2.73 bits per heavy atom. The van der Waals surface area contributed by atoms with E-state index >= 15 is 0 Å². The molecule has 0 spiro atoms. The Balaban J connectivity index is 1.58. The zero-order valence-electron chi connectivity index (χ0n) is 11.4. The van der Waals surface area contributed by atoms with E-state index in [0.29, 0.717) is 33.8 Å². The summed E-state index contributed by atoms with van der Waals surface area (Å²) in [6, 6.07) is 10.0. The largest absolute Gasteiger partial charge is 0.454 e. The topological polar surface area (TPSA) is 59.6 Å². The predicted octanol–water partition coefficient (Wildman–Crippen LogP) is 4.04. The fourth-order valence-electron chi connectivity index (χ4n) is 1.99. The van der Waals surface area contributed by atoms with Crippen molar-refractivity contribution < 1.29 is 14.3 Å². The number of anilines is 1. The van der Waals surface area contributed by atoms with Gasteiger partial charge in [0.25, 0.3) is 0 Å². The van der Waals surface area contributed by atoms with Gasteiger partial charge in [0.2, 0.25) is 6.79 Å². The van der Waals surface area contributed by atoms with E-state index in [0.717, 1.165) is 5.56 Å². The van der Waals surface area contributed by atoms with E-state index in [4.69, 9.17) is 32.7 Å². The third kappa shape index (κ3) is 3.37. The molecule has 0 saturated heterocycles. The van der Waals surface area contributed by atoms with Crippen LogP contribution in [0.2, 0.25) is 10.0 Å². The molecule has 1 aliphatic rings. The lowest BCUT2D eigenvalue weighted by Crippen LogP contribution is -2.28. The maximum absolute atomic E-state index is 11.9. The number of ether oxygens (including phenoxy) is 2. The Kier molecular flexibility index (Phi) is 4.27. The first-order chi connectivity index (χ1) is 10.6. The molecule has 5 nitrogen and oxygen atoms in total. The van der Waals surface area contributed by atoms with Crippen molar-refractivity contribution in [1.82, 2.24) is 5.32 Å². The van der Waals surface area contributed by atoms with Gasteiger partial charge in [-0.25, -0.2) is 4.79 Å². The van der Waals surface area contributed by atoms with Crippen LogP contribution in [0.15, 0.2) is 36.4 Å². The number of fused-ring (bicyclic) bond motifs is 1. The Bertz CT molecular complexity index is 722. The Morgan fingerprint density at radius 2 is 1.91 bits per heavy atom. The minimum absolute atomic E-state index is 0.224.